The Hall–Kier alpha value is -1.64. The summed E-state index contributed by atoms with van der Waals surface area (Å²) in [4.78, 5) is 1.69. The molecule has 3 nitrogen and oxygen atoms in total. The second-order valence-corrected chi connectivity index (χ2v) is 5.09. The zero-order chi connectivity index (χ0) is 11.8. The number of benzene rings is 1. The third kappa shape index (κ3) is 1.98. The second-order valence-electron chi connectivity index (χ2n) is 5.09. The van der Waals surface area contributed by atoms with E-state index in [2.05, 4.69) is 56.1 Å². The summed E-state index contributed by atoms with van der Waals surface area (Å²) in [5, 5.41) is 8.41. The molecule has 0 aliphatic rings. The van der Waals surface area contributed by atoms with Gasteiger partial charge < -0.3 is 0 Å². The second kappa shape index (κ2) is 3.74. The van der Waals surface area contributed by atoms with E-state index >= 15 is 0 Å². The van der Waals surface area contributed by atoms with Gasteiger partial charge in [0.05, 0.1) is 18.1 Å². The average molecular weight is 215 g/mol. The van der Waals surface area contributed by atoms with Crippen molar-refractivity contribution < 1.29 is 0 Å². The molecule has 0 bridgehead atoms. The number of aryl methyl sites for hydroxylation is 1. The molecule has 84 valence electrons. The molecule has 0 spiro atoms. The van der Waals surface area contributed by atoms with E-state index in [-0.39, 0.29) is 5.41 Å². The van der Waals surface area contributed by atoms with Crippen molar-refractivity contribution >= 4 is 0 Å². The maximum Gasteiger partial charge on any atom is 0.0896 e. The maximum atomic E-state index is 4.21. The first kappa shape index (κ1) is 10.9. The van der Waals surface area contributed by atoms with Gasteiger partial charge in [-0.3, -0.25) is 0 Å². The molecule has 0 amide bonds. The Morgan fingerprint density at radius 2 is 1.69 bits per heavy atom. The molecule has 0 saturated carbocycles. The van der Waals surface area contributed by atoms with Crippen molar-refractivity contribution in [1.82, 2.24) is 15.0 Å². The maximum absolute atomic E-state index is 4.21. The molecule has 0 radical (unpaired) electrons. The van der Waals surface area contributed by atoms with E-state index in [4.69, 9.17) is 0 Å². The first-order chi connectivity index (χ1) is 7.48. The molecule has 0 saturated heterocycles. The van der Waals surface area contributed by atoms with E-state index in [0.717, 1.165) is 5.69 Å². The molecule has 1 heterocycles. The Balaban J connectivity index is 2.63. The number of aromatic nitrogens is 3. The number of hydrogen-bond acceptors (Lipinski definition) is 2. The first-order valence-electron chi connectivity index (χ1n) is 5.46. The van der Waals surface area contributed by atoms with Crippen LogP contribution in [0.1, 0.15) is 31.9 Å². The lowest BCUT2D eigenvalue weighted by Crippen LogP contribution is -2.16. The van der Waals surface area contributed by atoms with Crippen LogP contribution in [0.25, 0.3) is 5.69 Å². The molecule has 1 aromatic carbocycles. The van der Waals surface area contributed by atoms with Crippen molar-refractivity contribution in [1.29, 1.82) is 0 Å². The largest absolute Gasteiger partial charge is 0.157 e. The van der Waals surface area contributed by atoms with Gasteiger partial charge in [0.25, 0.3) is 0 Å². The minimum atomic E-state index is 0.0939. The lowest BCUT2D eigenvalue weighted by Gasteiger charge is -2.22. The molecule has 1 aromatic heterocycles. The molecule has 0 atom stereocenters. The predicted molar refractivity (Wildman–Crippen MR) is 64.8 cm³/mol. The Bertz CT molecular complexity index is 478. The van der Waals surface area contributed by atoms with Crippen LogP contribution in [0.4, 0.5) is 0 Å². The van der Waals surface area contributed by atoms with Crippen molar-refractivity contribution in [3.8, 4) is 5.69 Å². The quantitative estimate of drug-likeness (QED) is 0.732. The van der Waals surface area contributed by atoms with Crippen LogP contribution in [0.15, 0.2) is 30.6 Å². The minimum Gasteiger partial charge on any atom is -0.157 e. The fourth-order valence-electron chi connectivity index (χ4n) is 1.78. The fraction of sp³-hybridized carbons (Fsp3) is 0.385. The van der Waals surface area contributed by atoms with Crippen LogP contribution >= 0.6 is 0 Å². The van der Waals surface area contributed by atoms with E-state index in [1.165, 1.54) is 11.1 Å². The van der Waals surface area contributed by atoms with E-state index in [1.807, 2.05) is 0 Å². The van der Waals surface area contributed by atoms with E-state index < -0.39 is 0 Å². The Morgan fingerprint density at radius 3 is 2.25 bits per heavy atom. The summed E-state index contributed by atoms with van der Waals surface area (Å²) in [5.41, 5.74) is 3.64. The van der Waals surface area contributed by atoms with Crippen molar-refractivity contribution in [2.75, 3.05) is 0 Å². The molecule has 16 heavy (non-hydrogen) atoms. The van der Waals surface area contributed by atoms with Crippen molar-refractivity contribution in [2.24, 2.45) is 0 Å². The molecule has 2 rings (SSSR count). The van der Waals surface area contributed by atoms with E-state index in [9.17, 15) is 0 Å². The Kier molecular flexibility index (Phi) is 2.54. The summed E-state index contributed by atoms with van der Waals surface area (Å²) >= 11 is 0. The summed E-state index contributed by atoms with van der Waals surface area (Å²) in [6.45, 7) is 8.68. The number of rotatable bonds is 1. The molecule has 0 fully saturated rings. The SMILES string of the molecule is Cc1ccc(C(C)(C)C)c(-n2nccn2)c1. The van der Waals surface area contributed by atoms with Crippen LogP contribution in [0.2, 0.25) is 0 Å². The molecule has 0 N–H and O–H groups in total. The number of nitrogens with zero attached hydrogens (tertiary/aromatic N) is 3. The standard InChI is InChI=1S/C13H17N3/c1-10-5-6-11(13(2,3)4)12(9-10)16-14-7-8-15-16/h5-9H,1-4H3. The van der Waals surface area contributed by atoms with Gasteiger partial charge in [0.2, 0.25) is 0 Å². The third-order valence-corrected chi connectivity index (χ3v) is 2.60. The van der Waals surface area contributed by atoms with Crippen LogP contribution in [0, 0.1) is 6.92 Å². The van der Waals surface area contributed by atoms with Crippen molar-refractivity contribution in [3.05, 3.63) is 41.7 Å². The van der Waals surface area contributed by atoms with Crippen molar-refractivity contribution in [3.63, 3.8) is 0 Å². The lowest BCUT2D eigenvalue weighted by atomic mass is 9.85. The Morgan fingerprint density at radius 1 is 1.06 bits per heavy atom. The summed E-state index contributed by atoms with van der Waals surface area (Å²) in [6, 6.07) is 6.42. The highest BCUT2D eigenvalue weighted by molar-refractivity contribution is 5.45. The molecule has 0 aliphatic heterocycles. The van der Waals surface area contributed by atoms with E-state index in [1.54, 1.807) is 17.2 Å². The highest BCUT2D eigenvalue weighted by atomic mass is 15.5. The topological polar surface area (TPSA) is 30.7 Å². The Labute approximate surface area is 96.1 Å². The predicted octanol–water partition coefficient (Wildman–Crippen LogP) is 2.87. The minimum absolute atomic E-state index is 0.0939. The fourth-order valence-corrected chi connectivity index (χ4v) is 1.78. The molecule has 3 heteroatoms. The zero-order valence-corrected chi connectivity index (χ0v) is 10.2. The van der Waals surface area contributed by atoms with Gasteiger partial charge in [0, 0.05) is 0 Å². The van der Waals surface area contributed by atoms with Crippen molar-refractivity contribution in [2.45, 2.75) is 33.1 Å². The van der Waals surface area contributed by atoms with Gasteiger partial charge in [-0.05, 0) is 29.5 Å². The summed E-state index contributed by atoms with van der Waals surface area (Å²) in [7, 11) is 0. The third-order valence-electron chi connectivity index (χ3n) is 2.60. The van der Waals surface area contributed by atoms with Crippen LogP contribution in [-0.4, -0.2) is 15.0 Å². The zero-order valence-electron chi connectivity index (χ0n) is 10.2. The highest BCUT2D eigenvalue weighted by Crippen LogP contribution is 2.28. The van der Waals surface area contributed by atoms with Gasteiger partial charge in [-0.2, -0.15) is 15.0 Å². The van der Waals surface area contributed by atoms with Gasteiger partial charge in [-0.15, -0.1) is 0 Å². The first-order valence-corrected chi connectivity index (χ1v) is 5.46. The van der Waals surface area contributed by atoms with E-state index in [0.29, 0.717) is 0 Å². The van der Waals surface area contributed by atoms with Gasteiger partial charge >= 0.3 is 0 Å². The normalized spacial score (nSPS) is 11.8. The smallest absolute Gasteiger partial charge is 0.0896 e. The van der Waals surface area contributed by atoms with Gasteiger partial charge in [-0.1, -0.05) is 32.9 Å². The summed E-state index contributed by atoms with van der Waals surface area (Å²) in [6.07, 6.45) is 3.41. The highest BCUT2D eigenvalue weighted by Gasteiger charge is 2.19. The van der Waals surface area contributed by atoms with Crippen LogP contribution < -0.4 is 0 Å². The van der Waals surface area contributed by atoms with Crippen LogP contribution in [-0.2, 0) is 5.41 Å². The van der Waals surface area contributed by atoms with Crippen LogP contribution in [0.3, 0.4) is 0 Å². The summed E-state index contributed by atoms with van der Waals surface area (Å²) < 4.78 is 0. The molecular weight excluding hydrogens is 198 g/mol. The monoisotopic (exact) mass is 215 g/mol. The summed E-state index contributed by atoms with van der Waals surface area (Å²) in [5.74, 6) is 0. The molecular formula is C13H17N3. The molecule has 0 unspecified atom stereocenters. The molecule has 2 aromatic rings. The number of hydrogen-bond donors (Lipinski definition) is 0. The average Bonchev–Trinajstić information content (AvgIpc) is 2.68. The molecule has 0 aliphatic carbocycles. The van der Waals surface area contributed by atoms with Gasteiger partial charge in [0.15, 0.2) is 0 Å². The van der Waals surface area contributed by atoms with Gasteiger partial charge in [0.1, 0.15) is 0 Å². The van der Waals surface area contributed by atoms with Crippen LogP contribution in [0.5, 0.6) is 0 Å². The van der Waals surface area contributed by atoms with Gasteiger partial charge in [-0.25, -0.2) is 0 Å². The lowest BCUT2D eigenvalue weighted by molar-refractivity contribution is 0.577.